The molecule has 1 fully saturated rings. The lowest BCUT2D eigenvalue weighted by Gasteiger charge is -2.33. The Hall–Kier alpha value is -2.63. The molecule has 0 saturated carbocycles. The predicted octanol–water partition coefficient (Wildman–Crippen LogP) is 3.46. The Kier molecular flexibility index (Phi) is 4.73. The first-order valence-electron chi connectivity index (χ1n) is 9.35. The number of ether oxygens (including phenoxy) is 1. The number of tetrazole rings is 1. The van der Waals surface area contributed by atoms with E-state index < -0.39 is 0 Å². The van der Waals surface area contributed by atoms with Gasteiger partial charge in [0.15, 0.2) is 0 Å². The molecular formula is C20H25N5O. The van der Waals surface area contributed by atoms with E-state index in [1.807, 2.05) is 16.8 Å². The summed E-state index contributed by atoms with van der Waals surface area (Å²) in [6.07, 6.45) is 4.58. The average Bonchev–Trinajstić information content (AvgIpc) is 3.14. The minimum Gasteiger partial charge on any atom is -0.496 e. The van der Waals surface area contributed by atoms with E-state index in [4.69, 9.17) is 4.74 Å². The molecule has 1 aliphatic heterocycles. The fourth-order valence-corrected chi connectivity index (χ4v) is 3.90. The van der Waals surface area contributed by atoms with Crippen molar-refractivity contribution in [3.8, 4) is 5.75 Å². The summed E-state index contributed by atoms with van der Waals surface area (Å²) < 4.78 is 7.44. The van der Waals surface area contributed by atoms with Gasteiger partial charge in [-0.25, -0.2) is 4.68 Å². The van der Waals surface area contributed by atoms with Crippen LogP contribution in [0.1, 0.15) is 31.7 Å². The van der Waals surface area contributed by atoms with E-state index in [1.165, 1.54) is 30.2 Å². The number of piperidine rings is 1. The lowest BCUT2D eigenvalue weighted by Crippen LogP contribution is -2.39. The van der Waals surface area contributed by atoms with Gasteiger partial charge < -0.3 is 9.64 Å². The largest absolute Gasteiger partial charge is 0.496 e. The summed E-state index contributed by atoms with van der Waals surface area (Å²) in [5.74, 6) is 1.81. The predicted molar refractivity (Wildman–Crippen MR) is 103 cm³/mol. The van der Waals surface area contributed by atoms with Gasteiger partial charge in [0, 0.05) is 18.0 Å². The quantitative estimate of drug-likeness (QED) is 0.705. The summed E-state index contributed by atoms with van der Waals surface area (Å²) in [7, 11) is 1.72. The van der Waals surface area contributed by atoms with Gasteiger partial charge in [0.25, 0.3) is 0 Å². The molecule has 26 heavy (non-hydrogen) atoms. The van der Waals surface area contributed by atoms with Crippen molar-refractivity contribution in [3.05, 3.63) is 42.0 Å². The molecule has 2 heterocycles. The van der Waals surface area contributed by atoms with E-state index in [2.05, 4.69) is 51.6 Å². The van der Waals surface area contributed by atoms with Crippen molar-refractivity contribution in [1.82, 2.24) is 20.2 Å². The number of aromatic nitrogens is 4. The van der Waals surface area contributed by atoms with Gasteiger partial charge in [-0.1, -0.05) is 35.4 Å². The Morgan fingerprint density at radius 2 is 1.96 bits per heavy atom. The minimum absolute atomic E-state index is 0.496. The monoisotopic (exact) mass is 351 g/mol. The van der Waals surface area contributed by atoms with E-state index in [1.54, 1.807) is 7.11 Å². The number of nitrogens with zero attached hydrogens (tertiary/aromatic N) is 5. The van der Waals surface area contributed by atoms with Crippen LogP contribution in [-0.4, -0.2) is 39.9 Å². The normalized spacial score (nSPS) is 17.6. The number of benzene rings is 2. The van der Waals surface area contributed by atoms with E-state index in [0.29, 0.717) is 6.04 Å². The van der Waals surface area contributed by atoms with Crippen molar-refractivity contribution < 1.29 is 4.74 Å². The second kappa shape index (κ2) is 7.32. The summed E-state index contributed by atoms with van der Waals surface area (Å²) in [5.41, 5.74) is 1.29. The molecule has 0 spiro atoms. The lowest BCUT2D eigenvalue weighted by molar-refractivity contribution is 0.419. The molecule has 0 aliphatic carbocycles. The first kappa shape index (κ1) is 16.8. The van der Waals surface area contributed by atoms with Crippen LogP contribution in [0.3, 0.4) is 0 Å². The summed E-state index contributed by atoms with van der Waals surface area (Å²) >= 11 is 0. The molecule has 2 aromatic carbocycles. The van der Waals surface area contributed by atoms with Crippen LogP contribution in [0.5, 0.6) is 5.75 Å². The van der Waals surface area contributed by atoms with Crippen LogP contribution in [0.4, 0.5) is 5.95 Å². The number of rotatable bonds is 5. The van der Waals surface area contributed by atoms with Crippen LogP contribution in [-0.2, 0) is 13.0 Å². The van der Waals surface area contributed by atoms with Gasteiger partial charge in [0.1, 0.15) is 5.75 Å². The molecule has 3 aromatic rings. The Morgan fingerprint density at radius 3 is 2.77 bits per heavy atom. The van der Waals surface area contributed by atoms with Crippen molar-refractivity contribution in [2.24, 2.45) is 0 Å². The first-order chi connectivity index (χ1) is 12.8. The van der Waals surface area contributed by atoms with Crippen LogP contribution < -0.4 is 9.64 Å². The highest BCUT2D eigenvalue weighted by Crippen LogP contribution is 2.29. The van der Waals surface area contributed by atoms with Crippen molar-refractivity contribution in [1.29, 1.82) is 0 Å². The number of hydrogen-bond donors (Lipinski definition) is 0. The third-order valence-electron chi connectivity index (χ3n) is 5.36. The van der Waals surface area contributed by atoms with E-state index in [-0.39, 0.29) is 0 Å². The third kappa shape index (κ3) is 3.11. The number of hydrogen-bond acceptors (Lipinski definition) is 5. The van der Waals surface area contributed by atoms with Gasteiger partial charge in [0.05, 0.1) is 13.7 Å². The molecule has 1 atom stereocenters. The molecule has 136 valence electrons. The molecule has 4 rings (SSSR count). The van der Waals surface area contributed by atoms with Gasteiger partial charge in [-0.2, -0.15) is 0 Å². The second-order valence-corrected chi connectivity index (χ2v) is 6.96. The van der Waals surface area contributed by atoms with Crippen LogP contribution >= 0.6 is 0 Å². The first-order valence-corrected chi connectivity index (χ1v) is 9.35. The molecule has 1 aromatic heterocycles. The van der Waals surface area contributed by atoms with Crippen molar-refractivity contribution in [3.63, 3.8) is 0 Å². The molecule has 6 heteroatoms. The zero-order valence-electron chi connectivity index (χ0n) is 15.4. The van der Waals surface area contributed by atoms with Gasteiger partial charge in [-0.05, 0) is 60.0 Å². The Balaban J connectivity index is 1.57. The molecule has 0 N–H and O–H groups in total. The number of anilines is 1. The van der Waals surface area contributed by atoms with Gasteiger partial charge in [0.2, 0.25) is 5.95 Å². The maximum Gasteiger partial charge on any atom is 0.245 e. The number of fused-ring (bicyclic) bond motifs is 1. The van der Waals surface area contributed by atoms with Crippen LogP contribution in [0.2, 0.25) is 0 Å². The van der Waals surface area contributed by atoms with Crippen molar-refractivity contribution in [2.75, 3.05) is 18.6 Å². The summed E-state index contributed by atoms with van der Waals surface area (Å²) in [5, 5.41) is 14.9. The average molecular weight is 351 g/mol. The number of aryl methyl sites for hydroxylation is 2. The smallest absolute Gasteiger partial charge is 0.245 e. The Labute approximate surface area is 153 Å². The molecule has 1 aliphatic rings. The maximum absolute atomic E-state index is 5.50. The van der Waals surface area contributed by atoms with Crippen molar-refractivity contribution in [2.45, 2.75) is 45.2 Å². The molecule has 0 radical (unpaired) electrons. The van der Waals surface area contributed by atoms with Crippen LogP contribution in [0.25, 0.3) is 10.8 Å². The molecule has 1 saturated heterocycles. The minimum atomic E-state index is 0.496. The zero-order chi connectivity index (χ0) is 17.9. The number of methoxy groups -OCH3 is 1. The third-order valence-corrected chi connectivity index (χ3v) is 5.36. The highest BCUT2D eigenvalue weighted by Gasteiger charge is 2.23. The van der Waals surface area contributed by atoms with Crippen LogP contribution in [0.15, 0.2) is 36.4 Å². The molecular weight excluding hydrogens is 326 g/mol. The highest BCUT2D eigenvalue weighted by molar-refractivity contribution is 5.91. The fraction of sp³-hybridized carbons (Fsp3) is 0.450. The fourth-order valence-electron chi connectivity index (χ4n) is 3.90. The molecule has 0 bridgehead atoms. The van der Waals surface area contributed by atoms with Gasteiger partial charge >= 0.3 is 0 Å². The molecule has 6 nitrogen and oxygen atoms in total. The highest BCUT2D eigenvalue weighted by atomic mass is 16.5. The Morgan fingerprint density at radius 1 is 1.12 bits per heavy atom. The van der Waals surface area contributed by atoms with Crippen LogP contribution in [0, 0.1) is 0 Å². The standard InChI is InChI=1S/C20H25N5O/c1-15-7-5-6-13-24(15)20-21-22-23-25(20)14-12-16-10-11-19(26-2)18-9-4-3-8-17(16)18/h3-4,8-11,15H,5-7,12-14H2,1-2H3. The van der Waals surface area contributed by atoms with E-state index >= 15 is 0 Å². The summed E-state index contributed by atoms with van der Waals surface area (Å²) in [6.45, 7) is 4.06. The van der Waals surface area contributed by atoms with Gasteiger partial charge in [-0.15, -0.1) is 0 Å². The molecule has 1 unspecified atom stereocenters. The Bertz CT molecular complexity index is 891. The van der Waals surface area contributed by atoms with E-state index in [0.717, 1.165) is 36.6 Å². The topological polar surface area (TPSA) is 56.1 Å². The van der Waals surface area contributed by atoms with Gasteiger partial charge in [-0.3, -0.25) is 0 Å². The summed E-state index contributed by atoms with van der Waals surface area (Å²) in [6, 6.07) is 13.1. The van der Waals surface area contributed by atoms with Crippen molar-refractivity contribution >= 4 is 16.7 Å². The SMILES string of the molecule is COc1ccc(CCn2nnnc2N2CCCCC2C)c2ccccc12. The second-order valence-electron chi connectivity index (χ2n) is 6.96. The molecule has 0 amide bonds. The van der Waals surface area contributed by atoms with E-state index in [9.17, 15) is 0 Å². The summed E-state index contributed by atoms with van der Waals surface area (Å²) in [4.78, 5) is 2.34. The maximum atomic E-state index is 5.50. The zero-order valence-corrected chi connectivity index (χ0v) is 15.4. The lowest BCUT2D eigenvalue weighted by atomic mass is 10.0.